The third kappa shape index (κ3) is 2.74. The standard InChI is InChI=1S/C19H20FN7O/c1-25-18-21-10-15(12-5-7-13(20)8-6-12)27(18)17(23-19(25)28)22-16-9-14(11-3-4-11)24-26(16)2/h5-9,11,15H,3-4,10H2,1-2H3,(H,22,23,28). The van der Waals surface area contributed by atoms with E-state index in [2.05, 4.69) is 15.4 Å². The highest BCUT2D eigenvalue weighted by Crippen LogP contribution is 2.40. The number of fused-ring (bicyclic) bond motifs is 1. The number of amides is 2. The molecule has 1 saturated heterocycles. The maximum Gasteiger partial charge on any atom is 0.330 e. The Morgan fingerprint density at radius 2 is 1.96 bits per heavy atom. The molecule has 2 fully saturated rings. The Bertz CT molecular complexity index is 1010. The Kier molecular flexibility index (Phi) is 3.71. The Morgan fingerprint density at radius 1 is 1.21 bits per heavy atom. The summed E-state index contributed by atoms with van der Waals surface area (Å²) in [6.45, 7) is 0.456. The first-order valence-corrected chi connectivity index (χ1v) is 9.28. The van der Waals surface area contributed by atoms with Crippen molar-refractivity contribution in [3.05, 3.63) is 47.4 Å². The first-order valence-electron chi connectivity index (χ1n) is 9.28. The summed E-state index contributed by atoms with van der Waals surface area (Å²) in [5.41, 5.74) is 1.94. The number of carbonyl (C=O) groups excluding carboxylic acids is 1. The van der Waals surface area contributed by atoms with Crippen LogP contribution in [-0.2, 0) is 7.05 Å². The van der Waals surface area contributed by atoms with Gasteiger partial charge in [0.1, 0.15) is 5.82 Å². The minimum atomic E-state index is -0.293. The molecule has 1 N–H and O–H groups in total. The molecule has 0 radical (unpaired) electrons. The van der Waals surface area contributed by atoms with Crippen LogP contribution < -0.4 is 5.32 Å². The molecule has 1 aromatic heterocycles. The number of rotatable bonds is 3. The van der Waals surface area contributed by atoms with Crippen molar-refractivity contribution in [2.75, 3.05) is 13.6 Å². The Hall–Kier alpha value is -3.23. The highest BCUT2D eigenvalue weighted by molar-refractivity contribution is 6.16. The van der Waals surface area contributed by atoms with Gasteiger partial charge in [-0.2, -0.15) is 10.1 Å². The molecule has 0 spiro atoms. The van der Waals surface area contributed by atoms with E-state index in [1.807, 2.05) is 18.0 Å². The summed E-state index contributed by atoms with van der Waals surface area (Å²) in [6.07, 6.45) is 2.31. The average Bonchev–Trinajstić information content (AvgIpc) is 3.33. The van der Waals surface area contributed by atoms with E-state index in [1.165, 1.54) is 17.0 Å². The molecule has 1 unspecified atom stereocenters. The quantitative estimate of drug-likeness (QED) is 0.887. The van der Waals surface area contributed by atoms with Gasteiger partial charge in [0.25, 0.3) is 0 Å². The number of hydrogen-bond donors (Lipinski definition) is 1. The van der Waals surface area contributed by atoms with Crippen LogP contribution in [0.15, 0.2) is 40.3 Å². The van der Waals surface area contributed by atoms with E-state index in [9.17, 15) is 9.18 Å². The van der Waals surface area contributed by atoms with Crippen molar-refractivity contribution in [3.63, 3.8) is 0 Å². The topological polar surface area (TPSA) is 78.1 Å². The molecule has 2 aromatic rings. The third-order valence-electron chi connectivity index (χ3n) is 5.33. The zero-order valence-electron chi connectivity index (χ0n) is 15.6. The van der Waals surface area contributed by atoms with Crippen molar-refractivity contribution >= 4 is 23.8 Å². The minimum absolute atomic E-state index is 0.173. The number of urea groups is 1. The van der Waals surface area contributed by atoms with Gasteiger partial charge in [-0.1, -0.05) is 12.1 Å². The second-order valence-electron chi connectivity index (χ2n) is 7.33. The molecule has 28 heavy (non-hydrogen) atoms. The fraction of sp³-hybridized carbons (Fsp3) is 0.368. The van der Waals surface area contributed by atoms with Gasteiger partial charge in [-0.05, 0) is 30.5 Å². The van der Waals surface area contributed by atoms with Crippen LogP contribution in [0.5, 0.6) is 0 Å². The van der Waals surface area contributed by atoms with E-state index in [1.54, 1.807) is 23.9 Å². The van der Waals surface area contributed by atoms with Gasteiger partial charge >= 0.3 is 6.03 Å². The molecule has 2 amide bonds. The molecule has 2 aliphatic heterocycles. The molecule has 9 heteroatoms. The van der Waals surface area contributed by atoms with E-state index in [4.69, 9.17) is 4.99 Å². The average molecular weight is 381 g/mol. The molecule has 1 aliphatic carbocycles. The van der Waals surface area contributed by atoms with Crippen LogP contribution >= 0.6 is 0 Å². The van der Waals surface area contributed by atoms with Gasteiger partial charge in [-0.15, -0.1) is 0 Å². The van der Waals surface area contributed by atoms with Crippen molar-refractivity contribution in [1.29, 1.82) is 0 Å². The lowest BCUT2D eigenvalue weighted by Gasteiger charge is -2.36. The number of benzene rings is 1. The largest absolute Gasteiger partial charge is 0.330 e. The molecule has 1 aromatic carbocycles. The lowest BCUT2D eigenvalue weighted by molar-refractivity contribution is 0.222. The maximum atomic E-state index is 13.4. The normalized spacial score (nSPS) is 23.1. The zero-order chi connectivity index (χ0) is 19.4. The van der Waals surface area contributed by atoms with E-state index in [0.717, 1.165) is 24.1 Å². The van der Waals surface area contributed by atoms with Gasteiger partial charge in [0.2, 0.25) is 11.9 Å². The first-order chi connectivity index (χ1) is 13.5. The summed E-state index contributed by atoms with van der Waals surface area (Å²) in [5, 5.41) is 7.39. The molecule has 0 bridgehead atoms. The SMILES string of the molecule is CN1C(=O)N/C(=N\c2cc(C3CC3)nn2C)N2C1=NCC2c1ccc(F)cc1. The predicted molar refractivity (Wildman–Crippen MR) is 102 cm³/mol. The second-order valence-corrected chi connectivity index (χ2v) is 7.33. The number of hydrogen-bond acceptors (Lipinski definition) is 4. The summed E-state index contributed by atoms with van der Waals surface area (Å²) in [7, 11) is 3.51. The summed E-state index contributed by atoms with van der Waals surface area (Å²) in [6, 6.07) is 7.84. The van der Waals surface area contributed by atoms with Crippen molar-refractivity contribution < 1.29 is 9.18 Å². The van der Waals surface area contributed by atoms with E-state index >= 15 is 0 Å². The molecule has 3 heterocycles. The van der Waals surface area contributed by atoms with Crippen LogP contribution in [0.4, 0.5) is 15.0 Å². The number of aromatic nitrogens is 2. The molecule has 3 aliphatic rings. The van der Waals surface area contributed by atoms with Crippen LogP contribution in [-0.4, -0.2) is 51.1 Å². The number of aliphatic imine (C=N–C) groups is 2. The van der Waals surface area contributed by atoms with Crippen molar-refractivity contribution in [2.45, 2.75) is 24.8 Å². The van der Waals surface area contributed by atoms with E-state index in [-0.39, 0.29) is 17.9 Å². The molecule has 144 valence electrons. The summed E-state index contributed by atoms with van der Waals surface area (Å²) < 4.78 is 15.1. The predicted octanol–water partition coefficient (Wildman–Crippen LogP) is 2.49. The van der Waals surface area contributed by atoms with Gasteiger partial charge in [0.05, 0.1) is 18.3 Å². The fourth-order valence-corrected chi connectivity index (χ4v) is 3.60. The lowest BCUT2D eigenvalue weighted by atomic mass is 10.1. The monoisotopic (exact) mass is 381 g/mol. The molecule has 8 nitrogen and oxygen atoms in total. The van der Waals surface area contributed by atoms with Crippen molar-refractivity contribution in [2.24, 2.45) is 17.0 Å². The molecule has 5 rings (SSSR count). The van der Waals surface area contributed by atoms with Crippen LogP contribution in [0.2, 0.25) is 0 Å². The smallest absolute Gasteiger partial charge is 0.277 e. The van der Waals surface area contributed by atoms with E-state index in [0.29, 0.717) is 30.2 Å². The third-order valence-corrected chi connectivity index (χ3v) is 5.33. The fourth-order valence-electron chi connectivity index (χ4n) is 3.60. The lowest BCUT2D eigenvalue weighted by Crippen LogP contribution is -2.61. The van der Waals surface area contributed by atoms with Crippen LogP contribution in [0.25, 0.3) is 0 Å². The van der Waals surface area contributed by atoms with E-state index < -0.39 is 0 Å². The first kappa shape index (κ1) is 16.9. The number of carbonyl (C=O) groups is 1. The highest BCUT2D eigenvalue weighted by Gasteiger charge is 2.41. The van der Waals surface area contributed by atoms with Gasteiger partial charge in [-0.3, -0.25) is 19.8 Å². The number of aryl methyl sites for hydroxylation is 1. The molecule has 1 atom stereocenters. The van der Waals surface area contributed by atoms with Gasteiger partial charge in [-0.25, -0.2) is 14.2 Å². The zero-order valence-corrected chi connectivity index (χ0v) is 15.6. The second kappa shape index (κ2) is 6.15. The van der Waals surface area contributed by atoms with Crippen LogP contribution in [0.3, 0.4) is 0 Å². The minimum Gasteiger partial charge on any atom is -0.277 e. The van der Waals surface area contributed by atoms with Crippen LogP contribution in [0.1, 0.15) is 36.1 Å². The van der Waals surface area contributed by atoms with Gasteiger partial charge in [0, 0.05) is 26.1 Å². The Labute approximate surface area is 161 Å². The Balaban J connectivity index is 1.54. The molecule has 1 saturated carbocycles. The summed E-state index contributed by atoms with van der Waals surface area (Å²) in [5.74, 6) is 1.83. The molecular weight excluding hydrogens is 361 g/mol. The highest BCUT2D eigenvalue weighted by atomic mass is 19.1. The van der Waals surface area contributed by atoms with Crippen molar-refractivity contribution in [3.8, 4) is 0 Å². The maximum absolute atomic E-state index is 13.4. The number of nitrogens with zero attached hydrogens (tertiary/aromatic N) is 6. The number of guanidine groups is 2. The van der Waals surface area contributed by atoms with Crippen LogP contribution in [0, 0.1) is 5.82 Å². The summed E-state index contributed by atoms with van der Waals surface area (Å²) in [4.78, 5) is 25.0. The molecular formula is C19H20FN7O. The van der Waals surface area contributed by atoms with Crippen molar-refractivity contribution in [1.82, 2.24) is 24.9 Å². The summed E-state index contributed by atoms with van der Waals surface area (Å²) >= 11 is 0. The Morgan fingerprint density at radius 3 is 2.68 bits per heavy atom. The van der Waals surface area contributed by atoms with Gasteiger partial charge in [0.15, 0.2) is 5.82 Å². The number of halogens is 1. The van der Waals surface area contributed by atoms with Gasteiger partial charge < -0.3 is 0 Å². The number of nitrogens with one attached hydrogen (secondary N) is 1.